The highest BCUT2D eigenvalue weighted by Crippen LogP contribution is 2.46. The Labute approximate surface area is 171 Å². The Morgan fingerprint density at radius 1 is 1.21 bits per heavy atom. The zero-order chi connectivity index (χ0) is 20.9. The van der Waals surface area contributed by atoms with E-state index in [0.717, 1.165) is 0 Å². The summed E-state index contributed by atoms with van der Waals surface area (Å²) in [5.41, 5.74) is 0.310. The summed E-state index contributed by atoms with van der Waals surface area (Å²) < 4.78 is 14.0. The fourth-order valence-electron chi connectivity index (χ4n) is 4.91. The van der Waals surface area contributed by atoms with Gasteiger partial charge >= 0.3 is 12.1 Å². The SMILES string of the molecule is O=C(O)CCC(=O)C1(NC2CCC3C2Cc2cc(F)c(Cl)cc2N3C(=O)O)CC1. The van der Waals surface area contributed by atoms with Gasteiger partial charge in [-0.1, -0.05) is 11.6 Å². The number of aliphatic carboxylic acids is 1. The predicted octanol–water partition coefficient (Wildman–Crippen LogP) is 3.22. The van der Waals surface area contributed by atoms with Crippen LogP contribution in [-0.4, -0.2) is 45.7 Å². The molecule has 1 aliphatic heterocycles. The van der Waals surface area contributed by atoms with Crippen LogP contribution >= 0.6 is 11.6 Å². The van der Waals surface area contributed by atoms with E-state index in [1.54, 1.807) is 0 Å². The van der Waals surface area contributed by atoms with Crippen LogP contribution in [0.3, 0.4) is 0 Å². The lowest BCUT2D eigenvalue weighted by atomic mass is 9.85. The number of anilines is 1. The van der Waals surface area contributed by atoms with E-state index in [-0.39, 0.29) is 41.6 Å². The molecular weight excluding hydrogens is 403 g/mol. The van der Waals surface area contributed by atoms with Crippen LogP contribution in [0.4, 0.5) is 14.9 Å². The Kier molecular flexibility index (Phi) is 5.02. The van der Waals surface area contributed by atoms with Crippen molar-refractivity contribution in [3.8, 4) is 0 Å². The molecule has 29 heavy (non-hydrogen) atoms. The van der Waals surface area contributed by atoms with Gasteiger partial charge in [-0.3, -0.25) is 14.5 Å². The molecule has 2 fully saturated rings. The smallest absolute Gasteiger partial charge is 0.412 e. The number of halogens is 2. The Balaban J connectivity index is 1.56. The zero-order valence-electron chi connectivity index (χ0n) is 15.7. The number of carbonyl (C=O) groups is 3. The average Bonchev–Trinajstić information content (AvgIpc) is 3.34. The Bertz CT molecular complexity index is 888. The van der Waals surface area contributed by atoms with Crippen molar-refractivity contribution in [2.75, 3.05) is 4.90 Å². The molecule has 3 atom stereocenters. The van der Waals surface area contributed by atoms with E-state index >= 15 is 0 Å². The Hall–Kier alpha value is -2.19. The summed E-state index contributed by atoms with van der Waals surface area (Å²) in [6, 6.07) is 2.30. The number of nitrogens with zero attached hydrogens (tertiary/aromatic N) is 1. The van der Waals surface area contributed by atoms with Gasteiger partial charge in [0.15, 0.2) is 5.78 Å². The summed E-state index contributed by atoms with van der Waals surface area (Å²) in [4.78, 5) is 36.6. The maximum atomic E-state index is 14.0. The molecule has 4 rings (SSSR count). The number of amides is 1. The molecule has 0 bridgehead atoms. The fourth-order valence-corrected chi connectivity index (χ4v) is 5.07. The summed E-state index contributed by atoms with van der Waals surface area (Å²) in [7, 11) is 0. The minimum Gasteiger partial charge on any atom is -0.481 e. The van der Waals surface area contributed by atoms with E-state index in [1.807, 2.05) is 0 Å². The van der Waals surface area contributed by atoms with Gasteiger partial charge in [-0.05, 0) is 55.7 Å². The molecule has 2 aliphatic carbocycles. The van der Waals surface area contributed by atoms with Gasteiger partial charge in [-0.25, -0.2) is 9.18 Å². The normalized spacial score (nSPS) is 26.6. The van der Waals surface area contributed by atoms with Crippen molar-refractivity contribution in [2.24, 2.45) is 5.92 Å². The zero-order valence-corrected chi connectivity index (χ0v) is 16.4. The second kappa shape index (κ2) is 7.25. The molecule has 3 N–H and O–H groups in total. The predicted molar refractivity (Wildman–Crippen MR) is 103 cm³/mol. The number of ketones is 1. The average molecular weight is 425 g/mol. The Morgan fingerprint density at radius 3 is 2.55 bits per heavy atom. The van der Waals surface area contributed by atoms with Crippen molar-refractivity contribution in [1.82, 2.24) is 5.32 Å². The minimum atomic E-state index is -1.11. The molecule has 0 radical (unpaired) electrons. The van der Waals surface area contributed by atoms with Crippen LogP contribution < -0.4 is 10.2 Å². The Morgan fingerprint density at radius 2 is 1.93 bits per heavy atom. The lowest BCUT2D eigenvalue weighted by molar-refractivity contribution is -0.139. The van der Waals surface area contributed by atoms with Crippen LogP contribution in [0.15, 0.2) is 12.1 Å². The lowest BCUT2D eigenvalue weighted by Crippen LogP contribution is -2.53. The van der Waals surface area contributed by atoms with Crippen LogP contribution in [0, 0.1) is 11.7 Å². The summed E-state index contributed by atoms with van der Waals surface area (Å²) in [6.07, 6.45) is 1.80. The number of rotatable bonds is 6. The first-order valence-electron chi connectivity index (χ1n) is 9.75. The first-order valence-corrected chi connectivity index (χ1v) is 10.1. The van der Waals surface area contributed by atoms with Crippen molar-refractivity contribution >= 4 is 35.1 Å². The molecule has 2 saturated carbocycles. The number of carbonyl (C=O) groups excluding carboxylic acids is 1. The highest BCUT2D eigenvalue weighted by atomic mass is 35.5. The van der Waals surface area contributed by atoms with E-state index in [0.29, 0.717) is 43.4 Å². The molecule has 156 valence electrons. The number of benzene rings is 1. The summed E-state index contributed by atoms with van der Waals surface area (Å²) in [5.74, 6) is -1.78. The molecule has 0 aromatic heterocycles. The number of nitrogens with one attached hydrogen (secondary N) is 1. The van der Waals surface area contributed by atoms with Crippen LogP contribution in [0.5, 0.6) is 0 Å². The molecule has 0 spiro atoms. The second-order valence-electron chi connectivity index (χ2n) is 8.21. The fraction of sp³-hybridized carbons (Fsp3) is 0.550. The summed E-state index contributed by atoms with van der Waals surface area (Å²) in [6.45, 7) is 0. The van der Waals surface area contributed by atoms with Gasteiger partial charge in [0.2, 0.25) is 0 Å². The lowest BCUT2D eigenvalue weighted by Gasteiger charge is -2.39. The van der Waals surface area contributed by atoms with E-state index in [4.69, 9.17) is 16.7 Å². The second-order valence-corrected chi connectivity index (χ2v) is 8.62. The number of carboxylic acids is 1. The van der Waals surface area contributed by atoms with Crippen molar-refractivity contribution in [3.63, 3.8) is 0 Å². The third kappa shape index (κ3) is 3.59. The monoisotopic (exact) mass is 424 g/mol. The highest BCUT2D eigenvalue weighted by Gasteiger charge is 2.54. The van der Waals surface area contributed by atoms with E-state index < -0.39 is 23.4 Å². The van der Waals surface area contributed by atoms with Crippen molar-refractivity contribution < 1.29 is 29.0 Å². The maximum absolute atomic E-state index is 14.0. The number of Topliss-reactive ketones (excluding diaryl/α,β-unsaturated/α-hetero) is 1. The quantitative estimate of drug-likeness (QED) is 0.647. The molecule has 1 aromatic rings. The largest absolute Gasteiger partial charge is 0.481 e. The number of carboxylic acid groups (broad SMARTS) is 2. The molecule has 1 amide bonds. The highest BCUT2D eigenvalue weighted by molar-refractivity contribution is 6.31. The maximum Gasteiger partial charge on any atom is 0.412 e. The topological polar surface area (TPSA) is 107 Å². The standard InChI is InChI=1S/C20H22ClFN2O5/c21-12-9-16-10(8-13(12)22)7-11-14(1-2-15(11)24(16)19(28)29)23-20(5-6-20)17(25)3-4-18(26)27/h8-9,11,14-15,23H,1-7H2,(H,26,27)(H,28,29). The summed E-state index contributed by atoms with van der Waals surface area (Å²) >= 11 is 5.88. The van der Waals surface area contributed by atoms with Gasteiger partial charge in [0.05, 0.1) is 22.7 Å². The van der Waals surface area contributed by atoms with Crippen LogP contribution in [-0.2, 0) is 16.0 Å². The van der Waals surface area contributed by atoms with E-state index in [1.165, 1.54) is 17.0 Å². The van der Waals surface area contributed by atoms with Gasteiger partial charge in [0.25, 0.3) is 0 Å². The minimum absolute atomic E-state index is 0.0169. The first kappa shape index (κ1) is 20.1. The molecule has 0 saturated heterocycles. The van der Waals surface area contributed by atoms with Crippen molar-refractivity contribution in [3.05, 3.63) is 28.5 Å². The molecular formula is C20H22ClFN2O5. The molecule has 3 unspecified atom stereocenters. The molecule has 7 nitrogen and oxygen atoms in total. The third-order valence-electron chi connectivity index (χ3n) is 6.47. The van der Waals surface area contributed by atoms with Gasteiger partial charge in [-0.2, -0.15) is 0 Å². The van der Waals surface area contributed by atoms with Gasteiger partial charge < -0.3 is 15.5 Å². The van der Waals surface area contributed by atoms with Crippen LogP contribution in [0.2, 0.25) is 5.02 Å². The number of hydrogen-bond donors (Lipinski definition) is 3. The van der Waals surface area contributed by atoms with Crippen LogP contribution in [0.1, 0.15) is 44.1 Å². The van der Waals surface area contributed by atoms with Gasteiger partial charge in [0.1, 0.15) is 5.82 Å². The first-order chi connectivity index (χ1) is 13.7. The number of fused-ring (bicyclic) bond motifs is 2. The van der Waals surface area contributed by atoms with E-state index in [2.05, 4.69) is 5.32 Å². The number of hydrogen-bond acceptors (Lipinski definition) is 4. The van der Waals surface area contributed by atoms with Gasteiger partial charge in [0, 0.05) is 18.5 Å². The third-order valence-corrected chi connectivity index (χ3v) is 6.76. The van der Waals surface area contributed by atoms with Crippen molar-refractivity contribution in [2.45, 2.75) is 62.6 Å². The molecule has 9 heteroatoms. The van der Waals surface area contributed by atoms with Gasteiger partial charge in [-0.15, -0.1) is 0 Å². The molecule has 3 aliphatic rings. The van der Waals surface area contributed by atoms with E-state index in [9.17, 15) is 23.9 Å². The summed E-state index contributed by atoms with van der Waals surface area (Å²) in [5, 5.41) is 21.9. The van der Waals surface area contributed by atoms with Crippen molar-refractivity contribution in [1.29, 1.82) is 0 Å². The molecule has 1 heterocycles. The molecule has 1 aromatic carbocycles. The van der Waals surface area contributed by atoms with Crippen LogP contribution in [0.25, 0.3) is 0 Å².